The molecular weight excluding hydrogens is 534 g/mol. The number of hydrogen-bond acceptors (Lipinski definition) is 8. The molecule has 4 amide bonds. The van der Waals surface area contributed by atoms with E-state index in [9.17, 15) is 19.2 Å². The summed E-state index contributed by atoms with van der Waals surface area (Å²) in [6, 6.07) is 8.31. The number of H-pyrrole nitrogens is 1. The van der Waals surface area contributed by atoms with E-state index in [1.165, 1.54) is 0 Å². The molecule has 42 heavy (non-hydrogen) atoms. The average Bonchev–Trinajstić information content (AvgIpc) is 3.66. The van der Waals surface area contributed by atoms with Gasteiger partial charge in [-0.2, -0.15) is 0 Å². The van der Waals surface area contributed by atoms with E-state index in [4.69, 9.17) is 10.7 Å². The summed E-state index contributed by atoms with van der Waals surface area (Å²) in [6.45, 7) is 0.710. The summed E-state index contributed by atoms with van der Waals surface area (Å²) in [5, 5.41) is 6.66. The summed E-state index contributed by atoms with van der Waals surface area (Å²) in [6.07, 6.45) is 9.93. The van der Waals surface area contributed by atoms with Crippen LogP contribution in [0.3, 0.4) is 0 Å². The van der Waals surface area contributed by atoms with Gasteiger partial charge in [-0.25, -0.2) is 0 Å². The Bertz CT molecular complexity index is 1700. The van der Waals surface area contributed by atoms with Crippen LogP contribution in [0.2, 0.25) is 0 Å². The van der Waals surface area contributed by atoms with Gasteiger partial charge in [0.05, 0.1) is 22.9 Å². The molecule has 4 heterocycles. The molecule has 11 heteroatoms. The summed E-state index contributed by atoms with van der Waals surface area (Å²) >= 11 is 0. The van der Waals surface area contributed by atoms with Crippen LogP contribution in [0.15, 0.2) is 53.4 Å². The van der Waals surface area contributed by atoms with Gasteiger partial charge in [-0.1, -0.05) is 0 Å². The van der Waals surface area contributed by atoms with E-state index in [1.54, 1.807) is 18.2 Å². The smallest absolute Gasteiger partial charge is 0.262 e. The Morgan fingerprint density at radius 1 is 1.07 bits per heavy atom. The van der Waals surface area contributed by atoms with Crippen LogP contribution in [-0.2, 0) is 9.59 Å². The Hall–Kier alpha value is -4.80. The molecule has 1 aromatic carbocycles. The molecule has 2 aliphatic heterocycles. The van der Waals surface area contributed by atoms with Crippen molar-refractivity contribution in [3.8, 4) is 0 Å². The Labute approximate surface area is 241 Å². The highest BCUT2D eigenvalue weighted by Gasteiger charge is 2.44. The summed E-state index contributed by atoms with van der Waals surface area (Å²) < 4.78 is 0. The summed E-state index contributed by atoms with van der Waals surface area (Å²) in [5.74, 6) is -1.21. The predicted octanol–water partition coefficient (Wildman–Crippen LogP) is 3.01. The number of carbonyl (C=O) groups is 4. The lowest BCUT2D eigenvalue weighted by atomic mass is 9.80. The minimum atomic E-state index is -0.971. The van der Waals surface area contributed by atoms with Crippen molar-refractivity contribution < 1.29 is 19.2 Å². The molecule has 214 valence electrons. The molecule has 0 radical (unpaired) electrons. The number of benzene rings is 1. The first-order valence-corrected chi connectivity index (χ1v) is 14.4. The fourth-order valence-corrected chi connectivity index (χ4v) is 6.01. The van der Waals surface area contributed by atoms with E-state index in [0.29, 0.717) is 18.4 Å². The quantitative estimate of drug-likeness (QED) is 0.241. The van der Waals surface area contributed by atoms with Crippen molar-refractivity contribution in [3.63, 3.8) is 0 Å². The maximum atomic E-state index is 13.1. The maximum Gasteiger partial charge on any atom is 0.262 e. The Morgan fingerprint density at radius 2 is 1.88 bits per heavy atom. The van der Waals surface area contributed by atoms with Crippen molar-refractivity contribution in [1.29, 1.82) is 0 Å². The molecule has 4 aliphatic rings. The predicted molar refractivity (Wildman–Crippen MR) is 157 cm³/mol. The first kappa shape index (κ1) is 26.1. The van der Waals surface area contributed by atoms with Crippen molar-refractivity contribution in [2.24, 2.45) is 22.6 Å². The molecule has 11 nitrogen and oxygen atoms in total. The topological polar surface area (TPSA) is 163 Å². The number of piperidine rings is 1. The van der Waals surface area contributed by atoms with Crippen LogP contribution in [0.1, 0.15) is 64.9 Å². The number of aromatic amines is 1. The molecular formula is C31H31N7O4. The number of nitrogens with zero attached hydrogens (tertiary/aromatic N) is 3. The number of hydrogen-bond donors (Lipinski definition) is 4. The van der Waals surface area contributed by atoms with Crippen molar-refractivity contribution in [2.75, 3.05) is 11.9 Å². The summed E-state index contributed by atoms with van der Waals surface area (Å²) in [4.78, 5) is 63.5. The normalized spacial score (nSPS) is 24.6. The number of imide groups is 2. The number of fused-ring (bicyclic) bond motifs is 2. The number of nitrogens with one attached hydrogen (secondary N) is 3. The zero-order valence-electron chi connectivity index (χ0n) is 22.9. The number of amides is 4. The summed E-state index contributed by atoms with van der Waals surface area (Å²) in [5.41, 5.74) is 11.4. The van der Waals surface area contributed by atoms with Crippen LogP contribution in [0.25, 0.3) is 16.5 Å². The molecule has 2 aliphatic carbocycles. The fraction of sp³-hybridized carbons (Fsp3) is 0.355. The molecule has 3 aromatic rings. The summed E-state index contributed by atoms with van der Waals surface area (Å²) in [7, 11) is 0. The van der Waals surface area contributed by atoms with Crippen molar-refractivity contribution in [2.45, 2.75) is 50.6 Å². The van der Waals surface area contributed by atoms with Gasteiger partial charge in [-0.15, -0.1) is 0 Å². The Morgan fingerprint density at radius 3 is 2.67 bits per heavy atom. The highest BCUT2D eigenvalue weighted by molar-refractivity contribution is 6.23. The standard InChI is InChI=1S/C31H31N7O4/c32-28(17-1-2-17)23(25-12-24-18(14-36-25)7-8-33-24)15-35-20-9-16(10-20)13-34-19-3-4-21-22(11-19)31(42)38(30(21)41)26-5-6-27(39)37-29(26)40/h3-4,7-8,11-12,14-17,20,26,33-34H,1-2,5-6,9-10,13,32H2,(H,37,39,40). The van der Waals surface area contributed by atoms with Gasteiger partial charge in [0.2, 0.25) is 11.8 Å². The lowest BCUT2D eigenvalue weighted by Gasteiger charge is -2.33. The lowest BCUT2D eigenvalue weighted by molar-refractivity contribution is -0.136. The van der Waals surface area contributed by atoms with E-state index in [2.05, 4.69) is 20.6 Å². The molecule has 0 bridgehead atoms. The van der Waals surface area contributed by atoms with Crippen molar-refractivity contribution in [3.05, 3.63) is 65.2 Å². The molecule has 0 spiro atoms. The number of allylic oxidation sites excluding steroid dienone is 2. The first-order chi connectivity index (χ1) is 20.4. The molecule has 3 fully saturated rings. The molecule has 2 aromatic heterocycles. The number of rotatable bonds is 8. The molecule has 7 rings (SSSR count). The molecule has 1 saturated heterocycles. The van der Waals surface area contributed by atoms with Gasteiger partial charge in [0.1, 0.15) is 6.04 Å². The molecule has 2 saturated carbocycles. The minimum absolute atomic E-state index is 0.0919. The van der Waals surface area contributed by atoms with Crippen LogP contribution >= 0.6 is 0 Å². The number of carbonyl (C=O) groups excluding carboxylic acids is 4. The van der Waals surface area contributed by atoms with Gasteiger partial charge in [0.15, 0.2) is 0 Å². The molecule has 5 N–H and O–H groups in total. The van der Waals surface area contributed by atoms with Gasteiger partial charge < -0.3 is 16.0 Å². The van der Waals surface area contributed by atoms with Crippen LogP contribution in [0, 0.1) is 11.8 Å². The number of aromatic nitrogens is 2. The van der Waals surface area contributed by atoms with Gasteiger partial charge in [0, 0.05) is 59.4 Å². The van der Waals surface area contributed by atoms with Gasteiger partial charge >= 0.3 is 0 Å². The van der Waals surface area contributed by atoms with E-state index < -0.39 is 29.7 Å². The molecule has 1 atom stereocenters. The van der Waals surface area contributed by atoms with Crippen LogP contribution in [0.5, 0.6) is 0 Å². The number of aliphatic imine (C=N–C) groups is 1. The monoisotopic (exact) mass is 565 g/mol. The largest absolute Gasteiger partial charge is 0.401 e. The highest BCUT2D eigenvalue weighted by atomic mass is 16.2. The highest BCUT2D eigenvalue weighted by Crippen LogP contribution is 2.38. The number of nitrogens with two attached hydrogens (primary N) is 1. The van der Waals surface area contributed by atoms with Crippen LogP contribution in [-0.4, -0.2) is 63.3 Å². The zero-order chi connectivity index (χ0) is 29.0. The van der Waals surface area contributed by atoms with E-state index in [1.807, 2.05) is 30.7 Å². The second kappa shape index (κ2) is 10.2. The SMILES string of the molecule is NC(=C(C=NC1CC(CNc2ccc3c(c2)C(=O)N(C2CCC(=O)NC2=O)C3=O)C1)c1cc2[nH]ccc2cn1)C1CC1. The van der Waals surface area contributed by atoms with Gasteiger partial charge in [-0.3, -0.25) is 39.4 Å². The van der Waals surface area contributed by atoms with E-state index in [0.717, 1.165) is 64.1 Å². The van der Waals surface area contributed by atoms with E-state index >= 15 is 0 Å². The van der Waals surface area contributed by atoms with Crippen LogP contribution < -0.4 is 16.4 Å². The van der Waals surface area contributed by atoms with Gasteiger partial charge in [0.25, 0.3) is 11.8 Å². The first-order valence-electron chi connectivity index (χ1n) is 14.4. The average molecular weight is 566 g/mol. The second-order valence-corrected chi connectivity index (χ2v) is 11.6. The third-order valence-electron chi connectivity index (χ3n) is 8.70. The maximum absolute atomic E-state index is 13.1. The third kappa shape index (κ3) is 4.74. The minimum Gasteiger partial charge on any atom is -0.401 e. The Balaban J connectivity index is 0.966. The Kier molecular flexibility index (Phi) is 6.37. The van der Waals surface area contributed by atoms with Crippen molar-refractivity contribution >= 4 is 52.0 Å². The number of anilines is 1. The fourth-order valence-electron chi connectivity index (χ4n) is 6.01. The third-order valence-corrected chi connectivity index (χ3v) is 8.70. The zero-order valence-corrected chi connectivity index (χ0v) is 22.9. The van der Waals surface area contributed by atoms with Gasteiger partial charge in [-0.05, 0) is 74.3 Å². The van der Waals surface area contributed by atoms with E-state index in [-0.39, 0.29) is 30.0 Å². The molecule has 1 unspecified atom stereocenters. The number of pyridine rings is 1. The van der Waals surface area contributed by atoms with Crippen LogP contribution in [0.4, 0.5) is 5.69 Å². The second-order valence-electron chi connectivity index (χ2n) is 11.6. The lowest BCUT2D eigenvalue weighted by Crippen LogP contribution is -2.54. The van der Waals surface area contributed by atoms with Crippen molar-refractivity contribution in [1.82, 2.24) is 20.2 Å².